The van der Waals surface area contributed by atoms with E-state index in [1.54, 1.807) is 0 Å². The van der Waals surface area contributed by atoms with Gasteiger partial charge in [-0.1, -0.05) is 33.1 Å². The third-order valence-corrected chi connectivity index (χ3v) is 1.48. The van der Waals surface area contributed by atoms with Crippen LogP contribution < -0.4 is 0 Å². The zero-order chi connectivity index (χ0) is 7.82. The van der Waals surface area contributed by atoms with Gasteiger partial charge in [0.1, 0.15) is 0 Å². The molecule has 0 saturated carbocycles. The number of rotatable bonds is 5. The Morgan fingerprint density at radius 1 is 1.27 bits per heavy atom. The van der Waals surface area contributed by atoms with Crippen molar-refractivity contribution in [2.24, 2.45) is 0 Å². The maximum Gasteiger partial charge on any atom is 2.00 e. The van der Waals surface area contributed by atoms with Gasteiger partial charge in [0.2, 0.25) is 0 Å². The van der Waals surface area contributed by atoms with Crippen molar-refractivity contribution in [1.82, 2.24) is 0 Å². The molecule has 0 unspecified atom stereocenters. The molecular formula is C10H18Zr. The van der Waals surface area contributed by atoms with Crippen LogP contribution in [0.5, 0.6) is 0 Å². The van der Waals surface area contributed by atoms with E-state index in [9.17, 15) is 0 Å². The van der Waals surface area contributed by atoms with E-state index in [0.717, 1.165) is 12.8 Å². The molecule has 0 aromatic heterocycles. The van der Waals surface area contributed by atoms with Gasteiger partial charge in [-0.15, -0.1) is 0 Å². The third kappa shape index (κ3) is 8.53. The first-order chi connectivity index (χ1) is 4.85. The van der Waals surface area contributed by atoms with Crippen LogP contribution in [0.15, 0.2) is 5.57 Å². The van der Waals surface area contributed by atoms with Gasteiger partial charge in [-0.25, -0.2) is 0 Å². The molecule has 0 nitrogen and oxygen atoms in total. The van der Waals surface area contributed by atoms with Gasteiger partial charge < -0.3 is 13.0 Å². The molecule has 0 amide bonds. The molecule has 11 heavy (non-hydrogen) atoms. The summed E-state index contributed by atoms with van der Waals surface area (Å²) in [5, 5.41) is 0. The maximum atomic E-state index is 3.86. The van der Waals surface area contributed by atoms with Crippen molar-refractivity contribution in [3.8, 4) is 0 Å². The quantitative estimate of drug-likeness (QED) is 0.633. The van der Waals surface area contributed by atoms with Crippen LogP contribution in [-0.4, -0.2) is 0 Å². The summed E-state index contributed by atoms with van der Waals surface area (Å²) in [4.78, 5) is 0. The Kier molecular flexibility index (Phi) is 13.7. The SMILES string of the molecule is [CH2-]CC(=[C-]CCC)CCC.[Zr+2]. The molecule has 0 aliphatic rings. The van der Waals surface area contributed by atoms with Crippen LogP contribution in [-0.2, 0) is 26.2 Å². The molecule has 0 aliphatic carbocycles. The van der Waals surface area contributed by atoms with Crippen molar-refractivity contribution >= 4 is 0 Å². The molecule has 0 aromatic rings. The summed E-state index contributed by atoms with van der Waals surface area (Å²) in [6, 6.07) is 0. The molecule has 0 N–H and O–H groups in total. The van der Waals surface area contributed by atoms with Crippen LogP contribution in [0.25, 0.3) is 0 Å². The van der Waals surface area contributed by atoms with Crippen molar-refractivity contribution < 1.29 is 26.2 Å². The van der Waals surface area contributed by atoms with E-state index >= 15 is 0 Å². The second-order valence-electron chi connectivity index (χ2n) is 2.53. The minimum Gasteiger partial charge on any atom is -0.500 e. The molecule has 0 spiro atoms. The molecule has 0 aliphatic heterocycles. The van der Waals surface area contributed by atoms with Gasteiger partial charge in [0.15, 0.2) is 0 Å². The molecule has 62 valence electrons. The van der Waals surface area contributed by atoms with Crippen molar-refractivity contribution in [2.75, 3.05) is 0 Å². The normalized spacial score (nSPS) is 11.0. The van der Waals surface area contributed by atoms with Crippen LogP contribution >= 0.6 is 0 Å². The van der Waals surface area contributed by atoms with Crippen LogP contribution in [0.4, 0.5) is 0 Å². The zero-order valence-corrected chi connectivity index (χ0v) is 10.2. The summed E-state index contributed by atoms with van der Waals surface area (Å²) in [6.07, 6.45) is 9.02. The van der Waals surface area contributed by atoms with E-state index in [1.165, 1.54) is 24.8 Å². The fraction of sp³-hybridized carbons (Fsp3) is 0.700. The van der Waals surface area contributed by atoms with Crippen molar-refractivity contribution in [2.45, 2.75) is 46.0 Å². The monoisotopic (exact) mass is 228 g/mol. The standard InChI is InChI=1S/C10H18.Zr/c1-4-7-9-10(6-3)8-5-2;/h3-8H2,1-2H3;/q-2;+2. The Morgan fingerprint density at radius 3 is 2.27 bits per heavy atom. The second-order valence-corrected chi connectivity index (χ2v) is 2.53. The average Bonchev–Trinajstić information content (AvgIpc) is 1.98. The van der Waals surface area contributed by atoms with Gasteiger partial charge in [0.05, 0.1) is 0 Å². The first-order valence-corrected chi connectivity index (χ1v) is 4.22. The van der Waals surface area contributed by atoms with Gasteiger partial charge in [0.25, 0.3) is 0 Å². The summed E-state index contributed by atoms with van der Waals surface area (Å²) >= 11 is 0. The second kappa shape index (κ2) is 10.6. The first-order valence-electron chi connectivity index (χ1n) is 4.22. The predicted octanol–water partition coefficient (Wildman–Crippen LogP) is 3.54. The van der Waals surface area contributed by atoms with Crippen LogP contribution in [0, 0.1) is 13.0 Å². The Hall–Kier alpha value is 0.623. The Balaban J connectivity index is 0. The number of unbranched alkanes of at least 4 members (excludes halogenated alkanes) is 1. The molecule has 0 atom stereocenters. The van der Waals surface area contributed by atoms with Crippen molar-refractivity contribution in [3.63, 3.8) is 0 Å². The number of hydrogen-bond donors (Lipinski definition) is 0. The number of hydrogen-bond acceptors (Lipinski definition) is 0. The molecule has 1 heteroatoms. The van der Waals surface area contributed by atoms with Gasteiger partial charge in [0, 0.05) is 0 Å². The fourth-order valence-electron chi connectivity index (χ4n) is 0.905. The summed E-state index contributed by atoms with van der Waals surface area (Å²) in [7, 11) is 0. The molecule has 0 rings (SSSR count). The Morgan fingerprint density at radius 2 is 1.91 bits per heavy atom. The largest absolute Gasteiger partial charge is 2.00 e. The van der Waals surface area contributed by atoms with Gasteiger partial charge in [-0.05, 0) is 0 Å². The molecule has 0 heterocycles. The summed E-state index contributed by atoms with van der Waals surface area (Å²) in [5.41, 5.74) is 1.41. The van der Waals surface area contributed by atoms with Gasteiger partial charge in [-0.3, -0.25) is 5.57 Å². The number of allylic oxidation sites excluding steroid dienone is 2. The van der Waals surface area contributed by atoms with E-state index in [2.05, 4.69) is 26.8 Å². The molecule has 0 bridgehead atoms. The third-order valence-electron chi connectivity index (χ3n) is 1.48. The predicted molar refractivity (Wildman–Crippen MR) is 46.5 cm³/mol. The summed E-state index contributed by atoms with van der Waals surface area (Å²) < 4.78 is 0. The molecule has 0 fully saturated rings. The molecule has 0 saturated heterocycles. The maximum absolute atomic E-state index is 3.86. The van der Waals surface area contributed by atoms with E-state index < -0.39 is 0 Å². The smallest absolute Gasteiger partial charge is 0.500 e. The zero-order valence-electron chi connectivity index (χ0n) is 7.74. The minimum absolute atomic E-state index is 0. The van der Waals surface area contributed by atoms with E-state index in [-0.39, 0.29) is 26.2 Å². The summed E-state index contributed by atoms with van der Waals surface area (Å²) in [5.74, 6) is 0. The van der Waals surface area contributed by atoms with Crippen LogP contribution in [0.3, 0.4) is 0 Å². The average molecular weight is 229 g/mol. The Bertz CT molecular complexity index is 95.0. The van der Waals surface area contributed by atoms with E-state index in [1.807, 2.05) is 0 Å². The van der Waals surface area contributed by atoms with E-state index in [4.69, 9.17) is 0 Å². The van der Waals surface area contributed by atoms with E-state index in [0.29, 0.717) is 0 Å². The van der Waals surface area contributed by atoms with Crippen molar-refractivity contribution in [1.29, 1.82) is 0 Å². The Labute approximate surface area is 90.6 Å². The summed E-state index contributed by atoms with van der Waals surface area (Å²) in [6.45, 7) is 8.24. The van der Waals surface area contributed by atoms with Crippen LogP contribution in [0.2, 0.25) is 0 Å². The van der Waals surface area contributed by atoms with Gasteiger partial charge >= 0.3 is 26.2 Å². The molecule has 0 aromatic carbocycles. The minimum atomic E-state index is 0. The molecule has 0 radical (unpaired) electrons. The molecular weight excluding hydrogens is 211 g/mol. The van der Waals surface area contributed by atoms with Crippen molar-refractivity contribution in [3.05, 3.63) is 18.6 Å². The first kappa shape index (κ1) is 14.2. The fourth-order valence-corrected chi connectivity index (χ4v) is 0.905. The van der Waals surface area contributed by atoms with Gasteiger partial charge in [-0.2, -0.15) is 12.8 Å². The van der Waals surface area contributed by atoms with Crippen LogP contribution in [0.1, 0.15) is 46.0 Å². The topological polar surface area (TPSA) is 0 Å².